The Balaban J connectivity index is 2.13. The number of benzene rings is 2. The Hall–Kier alpha value is -1.93. The van der Waals surface area contributed by atoms with Gasteiger partial charge in [0.2, 0.25) is 0 Å². The second kappa shape index (κ2) is 6.49. The van der Waals surface area contributed by atoms with Gasteiger partial charge in [0, 0.05) is 17.0 Å². The van der Waals surface area contributed by atoms with Crippen LogP contribution in [-0.2, 0) is 11.9 Å². The lowest BCUT2D eigenvalue weighted by molar-refractivity contribution is 0.298. The van der Waals surface area contributed by atoms with Crippen molar-refractivity contribution in [2.45, 2.75) is 11.9 Å². The van der Waals surface area contributed by atoms with Crippen LogP contribution in [0.25, 0.3) is 0 Å². The van der Waals surface area contributed by atoms with E-state index in [4.69, 9.17) is 10.00 Å². The predicted molar refractivity (Wildman–Crippen MR) is 74.5 cm³/mol. The first-order chi connectivity index (χ1) is 9.62. The normalized spacial score (nSPS) is 10.1. The van der Waals surface area contributed by atoms with Crippen LogP contribution in [0.15, 0.2) is 36.4 Å². The molecule has 0 aliphatic rings. The number of ether oxygens (including phenoxy) is 1. The van der Waals surface area contributed by atoms with Crippen molar-refractivity contribution in [2.24, 2.45) is 0 Å². The van der Waals surface area contributed by atoms with Gasteiger partial charge in [0.25, 0.3) is 0 Å². The van der Waals surface area contributed by atoms with Crippen molar-refractivity contribution >= 4 is 15.9 Å². The molecule has 2 aromatic rings. The topological polar surface area (TPSA) is 33.0 Å². The zero-order valence-electron chi connectivity index (χ0n) is 10.4. The number of hydrogen-bond donors (Lipinski definition) is 0. The molecule has 0 aliphatic heterocycles. The largest absolute Gasteiger partial charge is 0.489 e. The molecule has 0 amide bonds. The second-order valence-electron chi connectivity index (χ2n) is 4.14. The first-order valence-corrected chi connectivity index (χ1v) is 6.91. The van der Waals surface area contributed by atoms with E-state index in [-0.39, 0.29) is 12.2 Å². The van der Waals surface area contributed by atoms with E-state index in [1.807, 2.05) is 6.07 Å². The Morgan fingerprint density at radius 1 is 1.15 bits per heavy atom. The summed E-state index contributed by atoms with van der Waals surface area (Å²) in [4.78, 5) is 0. The van der Waals surface area contributed by atoms with Crippen molar-refractivity contribution < 1.29 is 13.5 Å². The van der Waals surface area contributed by atoms with Crippen LogP contribution < -0.4 is 4.74 Å². The molecule has 102 valence electrons. The fourth-order valence-corrected chi connectivity index (χ4v) is 2.00. The summed E-state index contributed by atoms with van der Waals surface area (Å²) in [6.07, 6.45) is 0. The van der Waals surface area contributed by atoms with Crippen LogP contribution in [0.1, 0.15) is 16.7 Å². The van der Waals surface area contributed by atoms with Crippen LogP contribution in [-0.4, -0.2) is 0 Å². The minimum absolute atomic E-state index is 0.0251. The fourth-order valence-electron chi connectivity index (χ4n) is 1.68. The van der Waals surface area contributed by atoms with Crippen molar-refractivity contribution in [2.75, 3.05) is 0 Å². The van der Waals surface area contributed by atoms with E-state index in [0.717, 1.165) is 11.6 Å². The van der Waals surface area contributed by atoms with Crippen LogP contribution in [0.5, 0.6) is 5.75 Å². The maximum atomic E-state index is 13.7. The van der Waals surface area contributed by atoms with E-state index in [0.29, 0.717) is 16.6 Å². The van der Waals surface area contributed by atoms with Gasteiger partial charge in [-0.15, -0.1) is 0 Å². The molecule has 0 bridgehead atoms. The molecular weight excluding hydrogens is 328 g/mol. The van der Waals surface area contributed by atoms with Gasteiger partial charge in [0.15, 0.2) is 0 Å². The van der Waals surface area contributed by atoms with Crippen LogP contribution in [0, 0.1) is 23.0 Å². The Morgan fingerprint density at radius 3 is 2.60 bits per heavy atom. The summed E-state index contributed by atoms with van der Waals surface area (Å²) in [6.45, 7) is -0.0251. The molecule has 0 radical (unpaired) electrons. The summed E-state index contributed by atoms with van der Waals surface area (Å²) in [5.41, 5.74) is 1.30. The number of nitriles is 1. The van der Waals surface area contributed by atoms with Gasteiger partial charge < -0.3 is 4.74 Å². The molecule has 5 heteroatoms. The number of nitrogens with zero attached hydrogens (tertiary/aromatic N) is 1. The zero-order valence-corrected chi connectivity index (χ0v) is 12.0. The standard InChI is InChI=1S/C15H10BrF2NO/c16-7-11-3-13(17)6-14(4-11)20-9-12-2-1-10(8-19)5-15(12)18/h1-6H,7,9H2. The lowest BCUT2D eigenvalue weighted by atomic mass is 10.1. The number of alkyl halides is 1. The van der Waals surface area contributed by atoms with Gasteiger partial charge in [0.1, 0.15) is 24.0 Å². The smallest absolute Gasteiger partial charge is 0.131 e. The summed E-state index contributed by atoms with van der Waals surface area (Å²) < 4.78 is 32.3. The van der Waals surface area contributed by atoms with Crippen molar-refractivity contribution in [3.8, 4) is 11.8 Å². The average molecular weight is 338 g/mol. The molecule has 20 heavy (non-hydrogen) atoms. The van der Waals surface area contributed by atoms with Gasteiger partial charge in [-0.05, 0) is 29.8 Å². The van der Waals surface area contributed by atoms with Gasteiger partial charge in [0.05, 0.1) is 11.6 Å². The highest BCUT2D eigenvalue weighted by Crippen LogP contribution is 2.20. The maximum Gasteiger partial charge on any atom is 0.131 e. The highest BCUT2D eigenvalue weighted by molar-refractivity contribution is 9.08. The fraction of sp³-hybridized carbons (Fsp3) is 0.133. The first kappa shape index (κ1) is 14.5. The second-order valence-corrected chi connectivity index (χ2v) is 4.70. The molecule has 0 fully saturated rings. The summed E-state index contributed by atoms with van der Waals surface area (Å²) in [5, 5.41) is 9.16. The highest BCUT2D eigenvalue weighted by Gasteiger charge is 2.06. The summed E-state index contributed by atoms with van der Waals surface area (Å²) in [5.74, 6) is -0.582. The van der Waals surface area contributed by atoms with Crippen LogP contribution >= 0.6 is 15.9 Å². The molecule has 0 heterocycles. The van der Waals surface area contributed by atoms with Gasteiger partial charge in [-0.1, -0.05) is 22.0 Å². The summed E-state index contributed by atoms with van der Waals surface area (Å²) in [7, 11) is 0. The number of hydrogen-bond acceptors (Lipinski definition) is 2. The Bertz CT molecular complexity index is 667. The van der Waals surface area contributed by atoms with Crippen molar-refractivity contribution in [3.05, 3.63) is 64.7 Å². The van der Waals surface area contributed by atoms with Crippen molar-refractivity contribution in [1.29, 1.82) is 5.26 Å². The highest BCUT2D eigenvalue weighted by atomic mass is 79.9. The number of rotatable bonds is 4. The van der Waals surface area contributed by atoms with Gasteiger partial charge in [-0.2, -0.15) is 5.26 Å². The molecule has 0 aromatic heterocycles. The van der Waals surface area contributed by atoms with E-state index in [9.17, 15) is 8.78 Å². The van der Waals surface area contributed by atoms with E-state index in [1.165, 1.54) is 24.3 Å². The van der Waals surface area contributed by atoms with E-state index in [1.54, 1.807) is 6.07 Å². The third-order valence-corrected chi connectivity index (χ3v) is 3.31. The zero-order chi connectivity index (χ0) is 14.5. The van der Waals surface area contributed by atoms with Crippen LogP contribution in [0.3, 0.4) is 0 Å². The molecule has 0 N–H and O–H groups in total. The summed E-state index contributed by atoms with van der Waals surface area (Å²) in [6, 6.07) is 10.3. The third-order valence-electron chi connectivity index (χ3n) is 2.66. The molecule has 0 aliphatic carbocycles. The molecular formula is C15H10BrF2NO. The van der Waals surface area contributed by atoms with E-state index >= 15 is 0 Å². The van der Waals surface area contributed by atoms with E-state index in [2.05, 4.69) is 15.9 Å². The van der Waals surface area contributed by atoms with Crippen molar-refractivity contribution in [3.63, 3.8) is 0 Å². The molecule has 0 saturated carbocycles. The third kappa shape index (κ3) is 3.55. The molecule has 2 rings (SSSR count). The van der Waals surface area contributed by atoms with Crippen LogP contribution in [0.2, 0.25) is 0 Å². The lowest BCUT2D eigenvalue weighted by Gasteiger charge is -2.09. The Labute approximate surface area is 123 Å². The predicted octanol–water partition coefficient (Wildman–Crippen LogP) is 4.31. The lowest BCUT2D eigenvalue weighted by Crippen LogP contribution is -2.00. The Kier molecular flexibility index (Phi) is 4.70. The van der Waals surface area contributed by atoms with Gasteiger partial charge in [-0.25, -0.2) is 8.78 Å². The molecule has 2 nitrogen and oxygen atoms in total. The van der Waals surface area contributed by atoms with E-state index < -0.39 is 11.6 Å². The molecule has 2 aromatic carbocycles. The molecule has 0 atom stereocenters. The average Bonchev–Trinajstić information content (AvgIpc) is 2.45. The molecule has 0 unspecified atom stereocenters. The van der Waals surface area contributed by atoms with Crippen LogP contribution in [0.4, 0.5) is 8.78 Å². The summed E-state index contributed by atoms with van der Waals surface area (Å²) >= 11 is 3.24. The molecule has 0 spiro atoms. The number of halogens is 3. The first-order valence-electron chi connectivity index (χ1n) is 5.79. The minimum atomic E-state index is -0.513. The monoisotopic (exact) mass is 337 g/mol. The molecule has 0 saturated heterocycles. The minimum Gasteiger partial charge on any atom is -0.489 e. The Morgan fingerprint density at radius 2 is 1.95 bits per heavy atom. The van der Waals surface area contributed by atoms with Crippen molar-refractivity contribution in [1.82, 2.24) is 0 Å². The van der Waals surface area contributed by atoms with Gasteiger partial charge >= 0.3 is 0 Å². The van der Waals surface area contributed by atoms with Gasteiger partial charge in [-0.3, -0.25) is 0 Å². The SMILES string of the molecule is N#Cc1ccc(COc2cc(F)cc(CBr)c2)c(F)c1. The quantitative estimate of drug-likeness (QED) is 0.779. The maximum absolute atomic E-state index is 13.7.